The molecule has 2 amide bonds. The van der Waals surface area contributed by atoms with Gasteiger partial charge in [-0.15, -0.1) is 0 Å². The summed E-state index contributed by atoms with van der Waals surface area (Å²) in [7, 11) is 0. The normalized spacial score (nSPS) is 9.96. The van der Waals surface area contributed by atoms with Crippen LogP contribution in [0.4, 0.5) is 5.82 Å². The molecule has 0 radical (unpaired) electrons. The van der Waals surface area contributed by atoms with E-state index < -0.39 is 5.97 Å². The fourth-order valence-electron chi connectivity index (χ4n) is 1.92. The molecule has 1 aromatic carbocycles. The monoisotopic (exact) mass is 313 g/mol. The summed E-state index contributed by atoms with van der Waals surface area (Å²) in [5, 5.41) is 14.1. The number of amides is 2. The first-order chi connectivity index (χ1) is 11.0. The molecule has 0 aliphatic carbocycles. The number of carbonyl (C=O) groups excluding carboxylic acids is 2. The third-order valence-corrected chi connectivity index (χ3v) is 2.95. The Morgan fingerprint density at radius 3 is 2.61 bits per heavy atom. The van der Waals surface area contributed by atoms with Gasteiger partial charge in [-0.25, -0.2) is 9.78 Å². The second kappa shape index (κ2) is 7.17. The first-order valence-corrected chi connectivity index (χ1v) is 6.80. The lowest BCUT2D eigenvalue weighted by atomic mass is 10.1. The number of rotatable bonds is 5. The van der Waals surface area contributed by atoms with Crippen LogP contribution >= 0.6 is 0 Å². The summed E-state index contributed by atoms with van der Waals surface area (Å²) in [5.41, 5.74) is 1.18. The number of benzene rings is 1. The number of aromatic nitrogens is 1. The molecular formula is C16H15N3O4. The average Bonchev–Trinajstić information content (AvgIpc) is 2.52. The lowest BCUT2D eigenvalue weighted by molar-refractivity contribution is -0.114. The van der Waals surface area contributed by atoms with E-state index >= 15 is 0 Å². The van der Waals surface area contributed by atoms with Crippen molar-refractivity contribution >= 4 is 23.6 Å². The van der Waals surface area contributed by atoms with Crippen LogP contribution in [-0.2, 0) is 11.3 Å². The Morgan fingerprint density at radius 2 is 1.91 bits per heavy atom. The van der Waals surface area contributed by atoms with E-state index in [4.69, 9.17) is 5.11 Å². The highest BCUT2D eigenvalue weighted by Gasteiger charge is 2.08. The van der Waals surface area contributed by atoms with Gasteiger partial charge >= 0.3 is 5.97 Å². The van der Waals surface area contributed by atoms with Crippen LogP contribution in [0.2, 0.25) is 0 Å². The zero-order valence-corrected chi connectivity index (χ0v) is 12.4. The van der Waals surface area contributed by atoms with E-state index in [1.54, 1.807) is 12.1 Å². The average molecular weight is 313 g/mol. The van der Waals surface area contributed by atoms with E-state index in [-0.39, 0.29) is 29.7 Å². The Bertz CT molecular complexity index is 758. The van der Waals surface area contributed by atoms with Crippen molar-refractivity contribution in [3.05, 3.63) is 59.3 Å². The van der Waals surface area contributed by atoms with Crippen LogP contribution in [0, 0.1) is 0 Å². The molecule has 7 nitrogen and oxygen atoms in total. The summed E-state index contributed by atoms with van der Waals surface area (Å²) in [6.45, 7) is 1.54. The van der Waals surface area contributed by atoms with Crippen molar-refractivity contribution in [1.29, 1.82) is 0 Å². The van der Waals surface area contributed by atoms with Crippen LogP contribution < -0.4 is 10.6 Å². The van der Waals surface area contributed by atoms with Crippen LogP contribution in [0.3, 0.4) is 0 Å². The standard InChI is InChI=1S/C16H15N3O4/c1-10(20)19-14-8-12(5-6-17-14)15(21)18-9-11-3-2-4-13(7-11)16(22)23/h2-8H,9H2,1H3,(H,18,21)(H,22,23)(H,17,19,20). The molecule has 0 spiro atoms. The summed E-state index contributed by atoms with van der Waals surface area (Å²) in [6, 6.07) is 9.31. The van der Waals surface area contributed by atoms with E-state index in [1.165, 1.54) is 37.4 Å². The minimum atomic E-state index is -1.02. The van der Waals surface area contributed by atoms with Crippen LogP contribution in [0.15, 0.2) is 42.6 Å². The fourth-order valence-corrected chi connectivity index (χ4v) is 1.92. The van der Waals surface area contributed by atoms with E-state index in [0.717, 1.165) is 0 Å². The molecule has 0 bridgehead atoms. The molecule has 0 unspecified atom stereocenters. The summed E-state index contributed by atoms with van der Waals surface area (Å²) < 4.78 is 0. The maximum Gasteiger partial charge on any atom is 0.335 e. The minimum Gasteiger partial charge on any atom is -0.478 e. The highest BCUT2D eigenvalue weighted by Crippen LogP contribution is 2.08. The molecule has 23 heavy (non-hydrogen) atoms. The Balaban J connectivity index is 2.03. The van der Waals surface area contributed by atoms with Crippen molar-refractivity contribution in [2.24, 2.45) is 0 Å². The summed E-state index contributed by atoms with van der Waals surface area (Å²) in [5.74, 6) is -1.36. The van der Waals surface area contributed by atoms with Gasteiger partial charge in [-0.1, -0.05) is 12.1 Å². The molecule has 0 saturated carbocycles. The number of carbonyl (C=O) groups is 3. The third kappa shape index (κ3) is 4.63. The number of anilines is 1. The van der Waals surface area contributed by atoms with Crippen molar-refractivity contribution in [1.82, 2.24) is 10.3 Å². The Morgan fingerprint density at radius 1 is 1.13 bits per heavy atom. The maximum absolute atomic E-state index is 12.1. The van der Waals surface area contributed by atoms with Gasteiger partial charge in [-0.05, 0) is 29.8 Å². The molecule has 0 fully saturated rings. The molecule has 1 heterocycles. The van der Waals surface area contributed by atoms with Gasteiger partial charge in [-0.2, -0.15) is 0 Å². The van der Waals surface area contributed by atoms with Gasteiger partial charge in [0.1, 0.15) is 5.82 Å². The van der Waals surface area contributed by atoms with Crippen molar-refractivity contribution in [2.45, 2.75) is 13.5 Å². The lowest BCUT2D eigenvalue weighted by Gasteiger charge is -2.07. The maximum atomic E-state index is 12.1. The molecule has 7 heteroatoms. The fraction of sp³-hybridized carbons (Fsp3) is 0.125. The Kier molecular flexibility index (Phi) is 5.03. The number of carboxylic acids is 1. The highest BCUT2D eigenvalue weighted by atomic mass is 16.4. The Labute approximate surface area is 132 Å². The number of nitrogens with zero attached hydrogens (tertiary/aromatic N) is 1. The summed E-state index contributed by atoms with van der Waals surface area (Å²) in [4.78, 5) is 37.9. The van der Waals surface area contributed by atoms with E-state index in [2.05, 4.69) is 15.6 Å². The topological polar surface area (TPSA) is 108 Å². The molecule has 0 aliphatic heterocycles. The van der Waals surface area contributed by atoms with E-state index in [0.29, 0.717) is 11.1 Å². The molecule has 1 aromatic heterocycles. The quantitative estimate of drug-likeness (QED) is 0.778. The van der Waals surface area contributed by atoms with Crippen LogP contribution in [0.1, 0.15) is 33.2 Å². The first-order valence-electron chi connectivity index (χ1n) is 6.80. The van der Waals surface area contributed by atoms with Gasteiger partial charge in [-0.3, -0.25) is 9.59 Å². The predicted molar refractivity (Wildman–Crippen MR) is 83.1 cm³/mol. The summed E-state index contributed by atoms with van der Waals surface area (Å²) >= 11 is 0. The molecule has 118 valence electrons. The first kappa shape index (κ1) is 16.2. The number of hydrogen-bond donors (Lipinski definition) is 3. The second-order valence-electron chi connectivity index (χ2n) is 4.80. The SMILES string of the molecule is CC(=O)Nc1cc(C(=O)NCc2cccc(C(=O)O)c2)ccn1. The number of hydrogen-bond acceptors (Lipinski definition) is 4. The smallest absolute Gasteiger partial charge is 0.335 e. The predicted octanol–water partition coefficient (Wildman–Crippen LogP) is 1.67. The number of carboxylic acid groups (broad SMARTS) is 1. The van der Waals surface area contributed by atoms with Gasteiger partial charge < -0.3 is 15.7 Å². The van der Waals surface area contributed by atoms with Gasteiger partial charge in [0.25, 0.3) is 5.91 Å². The van der Waals surface area contributed by atoms with E-state index in [9.17, 15) is 14.4 Å². The molecule has 0 saturated heterocycles. The zero-order chi connectivity index (χ0) is 16.8. The zero-order valence-electron chi connectivity index (χ0n) is 12.4. The highest BCUT2D eigenvalue weighted by molar-refractivity contribution is 5.96. The third-order valence-electron chi connectivity index (χ3n) is 2.95. The van der Waals surface area contributed by atoms with Crippen molar-refractivity contribution in [2.75, 3.05) is 5.32 Å². The molecule has 0 atom stereocenters. The molecule has 2 aromatic rings. The van der Waals surface area contributed by atoms with Gasteiger partial charge in [0.15, 0.2) is 0 Å². The Hall–Kier alpha value is -3.22. The molecule has 0 aliphatic rings. The van der Waals surface area contributed by atoms with Crippen LogP contribution in [0.5, 0.6) is 0 Å². The number of aromatic carboxylic acids is 1. The van der Waals surface area contributed by atoms with Crippen LogP contribution in [0.25, 0.3) is 0 Å². The molecule has 2 rings (SSSR count). The molecular weight excluding hydrogens is 298 g/mol. The van der Waals surface area contributed by atoms with Crippen molar-refractivity contribution < 1.29 is 19.5 Å². The number of nitrogens with one attached hydrogen (secondary N) is 2. The lowest BCUT2D eigenvalue weighted by Crippen LogP contribution is -2.23. The van der Waals surface area contributed by atoms with Gasteiger partial charge in [0.05, 0.1) is 5.56 Å². The van der Waals surface area contributed by atoms with Crippen molar-refractivity contribution in [3.8, 4) is 0 Å². The minimum absolute atomic E-state index is 0.161. The second-order valence-corrected chi connectivity index (χ2v) is 4.80. The van der Waals surface area contributed by atoms with Crippen molar-refractivity contribution in [3.63, 3.8) is 0 Å². The summed E-state index contributed by atoms with van der Waals surface area (Å²) in [6.07, 6.45) is 1.42. The van der Waals surface area contributed by atoms with E-state index in [1.807, 2.05) is 0 Å². The number of pyridine rings is 1. The van der Waals surface area contributed by atoms with Crippen LogP contribution in [-0.4, -0.2) is 27.9 Å². The van der Waals surface area contributed by atoms with Gasteiger partial charge in [0.2, 0.25) is 5.91 Å². The largest absolute Gasteiger partial charge is 0.478 e. The van der Waals surface area contributed by atoms with Gasteiger partial charge in [0, 0.05) is 25.2 Å². The molecule has 3 N–H and O–H groups in total.